The van der Waals surface area contributed by atoms with Gasteiger partial charge in [0.15, 0.2) is 0 Å². The highest BCUT2D eigenvalue weighted by Crippen LogP contribution is 2.28. The van der Waals surface area contributed by atoms with Crippen LogP contribution in [0.1, 0.15) is 17.4 Å². The average Bonchev–Trinajstić information content (AvgIpc) is 2.87. The number of hydrogen-bond acceptors (Lipinski definition) is 2. The van der Waals surface area contributed by atoms with Crippen molar-refractivity contribution in [2.24, 2.45) is 0 Å². The van der Waals surface area contributed by atoms with E-state index in [-0.39, 0.29) is 0 Å². The largest absolute Gasteiger partial charge is 0.382 e. The molecule has 0 radical (unpaired) electrons. The van der Waals surface area contributed by atoms with Gasteiger partial charge in [0.2, 0.25) is 0 Å². The summed E-state index contributed by atoms with van der Waals surface area (Å²) in [7, 11) is 1.66. The van der Waals surface area contributed by atoms with Gasteiger partial charge in [-0.05, 0) is 17.7 Å². The summed E-state index contributed by atoms with van der Waals surface area (Å²) in [6.45, 7) is 0.423. The molecule has 0 spiro atoms. The molecule has 1 N–H and O–H groups in total. The quantitative estimate of drug-likeness (QED) is 0.786. The van der Waals surface area contributed by atoms with E-state index in [2.05, 4.69) is 0 Å². The van der Waals surface area contributed by atoms with Crippen molar-refractivity contribution in [1.29, 1.82) is 0 Å². The van der Waals surface area contributed by atoms with Crippen molar-refractivity contribution in [3.63, 3.8) is 0 Å². The summed E-state index contributed by atoms with van der Waals surface area (Å²) in [5.74, 6) is 0. The zero-order chi connectivity index (χ0) is 13.9. The van der Waals surface area contributed by atoms with Gasteiger partial charge < -0.3 is 14.4 Å². The number of ether oxygens (including phenoxy) is 1. The molecule has 1 atom stereocenters. The van der Waals surface area contributed by atoms with Crippen molar-refractivity contribution in [2.75, 3.05) is 7.11 Å². The third-order valence-corrected chi connectivity index (χ3v) is 3.50. The van der Waals surface area contributed by atoms with Gasteiger partial charge in [-0.1, -0.05) is 48.5 Å². The number of aliphatic hydroxyl groups excluding tert-OH is 1. The van der Waals surface area contributed by atoms with E-state index in [9.17, 15) is 5.11 Å². The molecule has 3 rings (SSSR count). The Labute approximate surface area is 118 Å². The van der Waals surface area contributed by atoms with Crippen molar-refractivity contribution in [3.8, 4) is 0 Å². The summed E-state index contributed by atoms with van der Waals surface area (Å²) < 4.78 is 7.28. The Morgan fingerprint density at radius 2 is 1.75 bits per heavy atom. The van der Waals surface area contributed by atoms with E-state index in [4.69, 9.17) is 4.74 Å². The lowest BCUT2D eigenvalue weighted by atomic mass is 10.1. The Kier molecular flexibility index (Phi) is 3.54. The summed E-state index contributed by atoms with van der Waals surface area (Å²) in [5.41, 5.74) is 2.80. The van der Waals surface area contributed by atoms with Gasteiger partial charge in [0.05, 0.1) is 11.2 Å². The van der Waals surface area contributed by atoms with Crippen LogP contribution in [0.25, 0.3) is 10.9 Å². The van der Waals surface area contributed by atoms with Crippen LogP contribution in [0.5, 0.6) is 0 Å². The second-order valence-corrected chi connectivity index (χ2v) is 4.79. The van der Waals surface area contributed by atoms with Gasteiger partial charge in [0.25, 0.3) is 0 Å². The number of rotatable bonds is 4. The maximum Gasteiger partial charge on any atom is 0.122 e. The van der Waals surface area contributed by atoms with Crippen molar-refractivity contribution < 1.29 is 9.84 Å². The number of aliphatic hydroxyl groups is 1. The Balaban J connectivity index is 2.12. The molecule has 0 saturated carbocycles. The van der Waals surface area contributed by atoms with Gasteiger partial charge in [-0.3, -0.25) is 0 Å². The van der Waals surface area contributed by atoms with E-state index in [0.29, 0.717) is 6.73 Å². The first kappa shape index (κ1) is 12.9. The fourth-order valence-corrected chi connectivity index (χ4v) is 2.54. The van der Waals surface area contributed by atoms with Crippen molar-refractivity contribution in [2.45, 2.75) is 12.8 Å². The number of para-hydroxylation sites is 1. The van der Waals surface area contributed by atoms with E-state index < -0.39 is 6.10 Å². The molecule has 2 aromatic carbocycles. The van der Waals surface area contributed by atoms with Crippen LogP contribution in [0.2, 0.25) is 0 Å². The normalized spacial score (nSPS) is 12.7. The van der Waals surface area contributed by atoms with Crippen LogP contribution in [0.15, 0.2) is 60.7 Å². The highest BCUT2D eigenvalue weighted by Gasteiger charge is 2.17. The topological polar surface area (TPSA) is 34.4 Å². The van der Waals surface area contributed by atoms with Crippen LogP contribution < -0.4 is 0 Å². The van der Waals surface area contributed by atoms with Crippen LogP contribution in [-0.4, -0.2) is 16.8 Å². The first-order chi connectivity index (χ1) is 9.81. The first-order valence-electron chi connectivity index (χ1n) is 6.61. The van der Waals surface area contributed by atoms with Crippen LogP contribution in [0.4, 0.5) is 0 Å². The molecule has 20 heavy (non-hydrogen) atoms. The van der Waals surface area contributed by atoms with E-state index in [1.165, 1.54) is 0 Å². The fourth-order valence-electron chi connectivity index (χ4n) is 2.54. The number of methoxy groups -OCH3 is 1. The molecule has 0 bridgehead atoms. The molecular formula is C17H17NO2. The molecular weight excluding hydrogens is 250 g/mol. The summed E-state index contributed by atoms with van der Waals surface area (Å²) in [4.78, 5) is 0. The second-order valence-electron chi connectivity index (χ2n) is 4.79. The van der Waals surface area contributed by atoms with Crippen molar-refractivity contribution >= 4 is 10.9 Å². The van der Waals surface area contributed by atoms with E-state index in [0.717, 1.165) is 22.2 Å². The molecule has 0 unspecified atom stereocenters. The average molecular weight is 267 g/mol. The van der Waals surface area contributed by atoms with Crippen LogP contribution in [-0.2, 0) is 11.5 Å². The minimum atomic E-state index is -0.654. The van der Waals surface area contributed by atoms with Gasteiger partial charge in [-0.25, -0.2) is 0 Å². The molecule has 102 valence electrons. The Bertz CT molecular complexity index is 703. The summed E-state index contributed by atoms with van der Waals surface area (Å²) in [6, 6.07) is 19.8. The van der Waals surface area contributed by atoms with Gasteiger partial charge in [-0.15, -0.1) is 0 Å². The SMILES string of the molecule is COCn1c([C@@H](O)c2ccccc2)cc2ccccc21. The minimum absolute atomic E-state index is 0.423. The summed E-state index contributed by atoms with van der Waals surface area (Å²) in [6.07, 6.45) is -0.654. The van der Waals surface area contributed by atoms with Crippen LogP contribution in [0.3, 0.4) is 0 Å². The Morgan fingerprint density at radius 1 is 1.05 bits per heavy atom. The molecule has 3 nitrogen and oxygen atoms in total. The molecule has 3 heteroatoms. The molecule has 3 aromatic rings. The highest BCUT2D eigenvalue weighted by atomic mass is 16.5. The van der Waals surface area contributed by atoms with Gasteiger partial charge in [0.1, 0.15) is 12.8 Å². The van der Waals surface area contributed by atoms with Crippen molar-refractivity contribution in [3.05, 3.63) is 71.9 Å². The fraction of sp³-hybridized carbons (Fsp3) is 0.176. The summed E-state index contributed by atoms with van der Waals surface area (Å²) >= 11 is 0. The zero-order valence-corrected chi connectivity index (χ0v) is 11.4. The minimum Gasteiger partial charge on any atom is -0.382 e. The predicted octanol–water partition coefficient (Wildman–Crippen LogP) is 3.33. The lowest BCUT2D eigenvalue weighted by Gasteiger charge is -2.15. The maximum absolute atomic E-state index is 10.6. The van der Waals surface area contributed by atoms with E-state index in [1.54, 1.807) is 7.11 Å². The molecule has 0 fully saturated rings. The third kappa shape index (κ3) is 2.22. The standard InChI is InChI=1S/C17H17NO2/c1-20-12-18-15-10-6-5-9-14(15)11-16(18)17(19)13-7-3-2-4-8-13/h2-11,17,19H,12H2,1H3/t17-/m0/s1. The number of benzene rings is 2. The van der Waals surface area contributed by atoms with Crippen molar-refractivity contribution in [1.82, 2.24) is 4.57 Å². The lowest BCUT2D eigenvalue weighted by Crippen LogP contribution is -2.09. The number of aromatic nitrogens is 1. The Hall–Kier alpha value is -2.10. The molecule has 0 aliphatic carbocycles. The van der Waals surface area contributed by atoms with Crippen LogP contribution in [0, 0.1) is 0 Å². The molecule has 0 saturated heterocycles. The monoisotopic (exact) mass is 267 g/mol. The number of hydrogen-bond donors (Lipinski definition) is 1. The van der Waals surface area contributed by atoms with Crippen LogP contribution >= 0.6 is 0 Å². The molecule has 0 aliphatic rings. The molecule has 0 aliphatic heterocycles. The molecule has 1 heterocycles. The van der Waals surface area contributed by atoms with Gasteiger partial charge in [0, 0.05) is 12.5 Å². The Morgan fingerprint density at radius 3 is 2.50 bits per heavy atom. The maximum atomic E-state index is 10.6. The van der Waals surface area contributed by atoms with E-state index in [1.807, 2.05) is 65.2 Å². The molecule has 0 amide bonds. The first-order valence-corrected chi connectivity index (χ1v) is 6.61. The van der Waals surface area contributed by atoms with Gasteiger partial charge >= 0.3 is 0 Å². The predicted molar refractivity (Wildman–Crippen MR) is 79.5 cm³/mol. The third-order valence-electron chi connectivity index (χ3n) is 3.50. The lowest BCUT2D eigenvalue weighted by molar-refractivity contribution is 0.122. The summed E-state index contributed by atoms with van der Waals surface area (Å²) in [5, 5.41) is 11.7. The number of fused-ring (bicyclic) bond motifs is 1. The van der Waals surface area contributed by atoms with E-state index >= 15 is 0 Å². The molecule has 1 aromatic heterocycles. The van der Waals surface area contributed by atoms with Gasteiger partial charge in [-0.2, -0.15) is 0 Å². The smallest absolute Gasteiger partial charge is 0.122 e. The highest BCUT2D eigenvalue weighted by molar-refractivity contribution is 5.81. The second kappa shape index (κ2) is 5.49. The number of nitrogens with zero attached hydrogens (tertiary/aromatic N) is 1. The zero-order valence-electron chi connectivity index (χ0n) is 11.4.